The van der Waals surface area contributed by atoms with Crippen molar-refractivity contribution in [1.29, 1.82) is 0 Å². The Morgan fingerprint density at radius 3 is 1.11 bits per heavy atom. The highest BCUT2D eigenvalue weighted by atomic mass is 16.8. The quantitative estimate of drug-likeness (QED) is 0.0199. The normalized spacial score (nSPS) is 26.9. The van der Waals surface area contributed by atoms with Crippen LogP contribution < -0.4 is 5.32 Å². The van der Waals surface area contributed by atoms with Gasteiger partial charge in [-0.05, 0) is 89.9 Å². The minimum Gasteiger partial charge on any atom is -0.394 e. The molecule has 19 nitrogen and oxygen atoms in total. The third-order valence-corrected chi connectivity index (χ3v) is 19.1. The van der Waals surface area contributed by atoms with E-state index < -0.39 is 124 Å². The lowest BCUT2D eigenvalue weighted by Gasteiger charge is -2.48. The molecule has 0 saturated carbocycles. The summed E-state index contributed by atoms with van der Waals surface area (Å²) in [7, 11) is 0. The van der Waals surface area contributed by atoms with Gasteiger partial charge in [0.05, 0.1) is 38.6 Å². The average Bonchev–Trinajstić information content (AvgIpc) is 0.792. The highest BCUT2D eigenvalue weighted by molar-refractivity contribution is 5.76. The van der Waals surface area contributed by atoms with Gasteiger partial charge in [-0.1, -0.05) is 284 Å². The third-order valence-electron chi connectivity index (χ3n) is 19.1. The summed E-state index contributed by atoms with van der Waals surface area (Å²) in [5.41, 5.74) is 0. The Morgan fingerprint density at radius 1 is 0.366 bits per heavy atom. The van der Waals surface area contributed by atoms with Crippen molar-refractivity contribution in [3.05, 3.63) is 109 Å². The molecule has 3 heterocycles. The lowest BCUT2D eigenvalue weighted by atomic mass is 9.96. The van der Waals surface area contributed by atoms with Crippen molar-refractivity contribution in [1.82, 2.24) is 5.32 Å². The standard InChI is InChI=1S/C82H141NO18/c1-3-5-7-9-11-13-15-17-19-21-22-23-24-25-26-27-28-29-30-31-32-33-34-35-36-37-38-39-40-41-42-44-46-48-50-52-54-56-58-60-70(88)83-65(66(87)59-57-55-53-51-49-47-45-43-20-18-16-14-12-10-8-6-4-2)64-96-80-76(94)73(91)78(68(62-85)98-80)101-82-77(95)74(92)79(69(63-86)99-82)100-81-75(93)72(90)71(89)67(61-84)97-81/h5,7,11,13,17,19,22-23,25-26,28-29,31-32,49,51,57,59,65-69,71-82,84-87,89-95H,3-4,6,8-10,12,14-16,18,20-21,24,27,30,33-48,50,52-56,58,60-64H2,1-2H3,(H,83,88)/b7-5-,13-11-,19-17-,23-22-,26-25-,29-28-,32-31-,51-49+,59-57+. The third kappa shape index (κ3) is 41.8. The molecule has 0 spiro atoms. The lowest BCUT2D eigenvalue weighted by Crippen LogP contribution is -2.66. The molecule has 3 saturated heterocycles. The number of allylic oxidation sites excluding steroid dienone is 17. The van der Waals surface area contributed by atoms with E-state index in [4.69, 9.17) is 28.4 Å². The first-order valence-corrected chi connectivity index (χ1v) is 39.6. The molecule has 19 heteroatoms. The summed E-state index contributed by atoms with van der Waals surface area (Å²) in [5.74, 6) is -0.286. The van der Waals surface area contributed by atoms with Gasteiger partial charge in [-0.3, -0.25) is 4.79 Å². The minimum atomic E-state index is -1.98. The van der Waals surface area contributed by atoms with Gasteiger partial charge in [0.15, 0.2) is 18.9 Å². The van der Waals surface area contributed by atoms with Crippen molar-refractivity contribution in [3.63, 3.8) is 0 Å². The van der Waals surface area contributed by atoms with Crippen molar-refractivity contribution in [3.8, 4) is 0 Å². The van der Waals surface area contributed by atoms with Crippen LogP contribution in [-0.2, 0) is 33.2 Å². The number of unbranched alkanes of at least 4 members (excludes halogenated alkanes) is 29. The molecule has 17 unspecified atom stereocenters. The highest BCUT2D eigenvalue weighted by Crippen LogP contribution is 2.33. The number of nitrogens with one attached hydrogen (secondary N) is 1. The number of carbonyl (C=O) groups is 1. The van der Waals surface area contributed by atoms with Crippen molar-refractivity contribution < 1.29 is 89.4 Å². The molecule has 3 aliphatic heterocycles. The number of aliphatic hydroxyl groups excluding tert-OH is 11. The molecule has 3 fully saturated rings. The fourth-order valence-corrected chi connectivity index (χ4v) is 12.7. The van der Waals surface area contributed by atoms with Gasteiger partial charge in [0.1, 0.15) is 73.2 Å². The Kier molecular flexibility index (Phi) is 55.9. The first-order chi connectivity index (χ1) is 49.3. The number of rotatable bonds is 61. The zero-order valence-electron chi connectivity index (χ0n) is 62.1. The van der Waals surface area contributed by atoms with Gasteiger partial charge in [-0.25, -0.2) is 0 Å². The van der Waals surface area contributed by atoms with E-state index in [0.717, 1.165) is 83.5 Å². The summed E-state index contributed by atoms with van der Waals surface area (Å²) in [6.45, 7) is 1.61. The van der Waals surface area contributed by atoms with Gasteiger partial charge < -0.3 is 89.9 Å². The average molecular weight is 1430 g/mol. The first-order valence-electron chi connectivity index (χ1n) is 39.6. The molecular weight excluding hydrogens is 1290 g/mol. The van der Waals surface area contributed by atoms with Crippen LogP contribution in [0, 0.1) is 0 Å². The van der Waals surface area contributed by atoms with Crippen LogP contribution in [0.25, 0.3) is 0 Å². The van der Waals surface area contributed by atoms with Gasteiger partial charge in [0, 0.05) is 6.42 Å². The monoisotopic (exact) mass is 1430 g/mol. The molecule has 0 aromatic carbocycles. The minimum absolute atomic E-state index is 0.232. The molecule has 582 valence electrons. The molecule has 1 amide bonds. The number of carbonyl (C=O) groups excluding carboxylic acids is 1. The fourth-order valence-electron chi connectivity index (χ4n) is 12.7. The van der Waals surface area contributed by atoms with Crippen LogP contribution in [0.2, 0.25) is 0 Å². The predicted octanol–water partition coefficient (Wildman–Crippen LogP) is 12.9. The SMILES string of the molecule is CC/C=C\C/C=C\C/C=C\C/C=C\C/C=C\C/C=C\C/C=C\CCCCCCCCCCCCCCCCCCCC(=O)NC(COC1OC(CO)C(OC2OC(CO)C(OC3OC(CO)C(O)C(O)C3O)C(O)C2O)C(O)C1O)C(O)/C=C/CC/C=C/CCCCCCCCCCCCC. The Balaban J connectivity index is 1.33. The maximum Gasteiger partial charge on any atom is 0.220 e. The Labute approximate surface area is 608 Å². The molecule has 0 radical (unpaired) electrons. The van der Waals surface area contributed by atoms with Crippen LogP contribution in [-0.4, -0.2) is 193 Å². The topological polar surface area (TPSA) is 307 Å². The molecule has 3 aliphatic rings. The highest BCUT2D eigenvalue weighted by Gasteiger charge is 2.53. The Hall–Kier alpha value is -3.55. The van der Waals surface area contributed by atoms with Crippen molar-refractivity contribution in [2.45, 2.75) is 375 Å². The number of hydrogen-bond donors (Lipinski definition) is 12. The predicted molar refractivity (Wildman–Crippen MR) is 401 cm³/mol. The number of amides is 1. The number of hydrogen-bond acceptors (Lipinski definition) is 18. The summed E-state index contributed by atoms with van der Waals surface area (Å²) in [5, 5.41) is 121. The summed E-state index contributed by atoms with van der Waals surface area (Å²) in [6.07, 6.45) is 58.0. The van der Waals surface area contributed by atoms with Crippen LogP contribution in [0.1, 0.15) is 271 Å². The summed E-state index contributed by atoms with van der Waals surface area (Å²) in [4.78, 5) is 13.5. The van der Waals surface area contributed by atoms with E-state index in [9.17, 15) is 61.0 Å². The molecule has 3 rings (SSSR count). The van der Waals surface area contributed by atoms with Crippen LogP contribution in [0.4, 0.5) is 0 Å². The maximum atomic E-state index is 13.5. The number of aliphatic hydroxyl groups is 11. The van der Waals surface area contributed by atoms with Gasteiger partial charge >= 0.3 is 0 Å². The second-order valence-corrected chi connectivity index (χ2v) is 27.8. The van der Waals surface area contributed by atoms with E-state index in [1.54, 1.807) is 6.08 Å². The zero-order valence-corrected chi connectivity index (χ0v) is 62.1. The van der Waals surface area contributed by atoms with Crippen LogP contribution >= 0.6 is 0 Å². The van der Waals surface area contributed by atoms with Gasteiger partial charge in [-0.2, -0.15) is 0 Å². The fraction of sp³-hybridized carbons (Fsp3) is 0.768. The summed E-state index contributed by atoms with van der Waals surface area (Å²) < 4.78 is 34.4. The van der Waals surface area contributed by atoms with Crippen molar-refractivity contribution >= 4 is 5.91 Å². The molecule has 101 heavy (non-hydrogen) atoms. The molecule has 17 atom stereocenters. The Morgan fingerprint density at radius 2 is 0.693 bits per heavy atom. The van der Waals surface area contributed by atoms with E-state index in [1.165, 1.54) is 154 Å². The van der Waals surface area contributed by atoms with Crippen LogP contribution in [0.3, 0.4) is 0 Å². The van der Waals surface area contributed by atoms with E-state index >= 15 is 0 Å². The molecule has 0 aromatic heterocycles. The number of ether oxygens (including phenoxy) is 6. The van der Waals surface area contributed by atoms with Crippen LogP contribution in [0.15, 0.2) is 109 Å². The summed E-state index contributed by atoms with van der Waals surface area (Å²) >= 11 is 0. The second kappa shape index (κ2) is 61.6. The smallest absolute Gasteiger partial charge is 0.220 e. The largest absolute Gasteiger partial charge is 0.394 e. The second-order valence-electron chi connectivity index (χ2n) is 27.8. The van der Waals surface area contributed by atoms with E-state index in [-0.39, 0.29) is 18.9 Å². The molecule has 0 bridgehead atoms. The van der Waals surface area contributed by atoms with Crippen molar-refractivity contribution in [2.24, 2.45) is 0 Å². The van der Waals surface area contributed by atoms with Crippen molar-refractivity contribution in [2.75, 3.05) is 26.4 Å². The Bertz CT molecular complexity index is 2250. The molecule has 0 aromatic rings. The van der Waals surface area contributed by atoms with Gasteiger partial charge in [0.2, 0.25) is 5.91 Å². The molecule has 0 aliphatic carbocycles. The maximum absolute atomic E-state index is 13.5. The van der Waals surface area contributed by atoms with E-state index in [1.807, 2.05) is 6.08 Å². The van der Waals surface area contributed by atoms with Gasteiger partial charge in [-0.15, -0.1) is 0 Å². The summed E-state index contributed by atoms with van der Waals surface area (Å²) in [6, 6.07) is -0.995. The van der Waals surface area contributed by atoms with Crippen LogP contribution in [0.5, 0.6) is 0 Å². The van der Waals surface area contributed by atoms with Gasteiger partial charge in [0.25, 0.3) is 0 Å². The zero-order chi connectivity index (χ0) is 73.2. The molecule has 12 N–H and O–H groups in total. The molecular formula is C82H141NO18. The first kappa shape index (κ1) is 91.7. The lowest BCUT2D eigenvalue weighted by molar-refractivity contribution is -0.379. The van der Waals surface area contributed by atoms with E-state index in [0.29, 0.717) is 12.8 Å². The van der Waals surface area contributed by atoms with E-state index in [2.05, 4.69) is 116 Å².